The van der Waals surface area contributed by atoms with Gasteiger partial charge in [0, 0.05) is 6.07 Å². The van der Waals surface area contributed by atoms with E-state index in [0.29, 0.717) is 11.0 Å². The number of hydrogen-bond acceptors (Lipinski definition) is 3. The van der Waals surface area contributed by atoms with Crippen molar-refractivity contribution in [2.75, 3.05) is 0 Å². The number of rotatable bonds is 0. The van der Waals surface area contributed by atoms with Gasteiger partial charge in [0.25, 0.3) is 0 Å². The summed E-state index contributed by atoms with van der Waals surface area (Å²) in [6.07, 6.45) is 0. The first-order valence-electron chi connectivity index (χ1n) is 4.16. The van der Waals surface area contributed by atoms with E-state index in [4.69, 9.17) is 9.68 Å². The van der Waals surface area contributed by atoms with Gasteiger partial charge in [-0.15, -0.1) is 0 Å². The minimum absolute atomic E-state index is 0.0526. The van der Waals surface area contributed by atoms with E-state index >= 15 is 0 Å². The van der Waals surface area contributed by atoms with E-state index in [-0.39, 0.29) is 11.2 Å². The average Bonchev–Trinajstić information content (AvgIpc) is 2.19. The molecule has 0 spiro atoms. The molecule has 0 fully saturated rings. The van der Waals surface area contributed by atoms with Gasteiger partial charge < -0.3 is 4.42 Å². The topological polar surface area (TPSA) is 54.0 Å². The molecule has 0 N–H and O–H groups in total. The Morgan fingerprint density at radius 1 is 1.43 bits per heavy atom. The van der Waals surface area contributed by atoms with E-state index in [1.54, 1.807) is 12.1 Å². The molecule has 1 aromatic carbocycles. The van der Waals surface area contributed by atoms with Crippen LogP contribution in [-0.2, 0) is 0 Å². The Bertz CT molecular complexity index is 590. The number of hydrogen-bond donors (Lipinski definition) is 0. The lowest BCUT2D eigenvalue weighted by Gasteiger charge is -1.99. The van der Waals surface area contributed by atoms with Crippen molar-refractivity contribution in [3.05, 3.63) is 45.8 Å². The summed E-state index contributed by atoms with van der Waals surface area (Å²) in [6, 6.07) is 8.35. The molecule has 2 aromatic rings. The van der Waals surface area contributed by atoms with E-state index in [2.05, 4.69) is 0 Å². The Balaban J connectivity index is 3.00. The second-order valence-corrected chi connectivity index (χ2v) is 3.04. The molecule has 0 unspecified atom stereocenters. The molecule has 0 aliphatic rings. The molecule has 0 saturated carbocycles. The maximum absolute atomic E-state index is 11.5. The Morgan fingerprint density at radius 3 is 2.93 bits per heavy atom. The molecule has 0 amide bonds. The quantitative estimate of drug-likeness (QED) is 0.630. The summed E-state index contributed by atoms with van der Waals surface area (Å²) < 4.78 is 5.26. The van der Waals surface area contributed by atoms with Crippen LogP contribution in [0, 0.1) is 18.3 Å². The fraction of sp³-hybridized carbons (Fsp3) is 0.0909. The van der Waals surface area contributed by atoms with Crippen LogP contribution in [0.3, 0.4) is 0 Å². The van der Waals surface area contributed by atoms with Gasteiger partial charge in [-0.3, -0.25) is 4.79 Å². The Labute approximate surface area is 80.2 Å². The first-order chi connectivity index (χ1) is 6.72. The van der Waals surface area contributed by atoms with Crippen LogP contribution in [0.5, 0.6) is 0 Å². The van der Waals surface area contributed by atoms with Gasteiger partial charge in [-0.25, -0.2) is 0 Å². The first-order valence-corrected chi connectivity index (χ1v) is 4.16. The van der Waals surface area contributed by atoms with E-state index in [0.717, 1.165) is 5.56 Å². The molecule has 0 radical (unpaired) electrons. The lowest BCUT2D eigenvalue weighted by atomic mass is 10.1. The Kier molecular flexibility index (Phi) is 1.83. The summed E-state index contributed by atoms with van der Waals surface area (Å²) in [5.74, 6) is 0.0526. The van der Waals surface area contributed by atoms with Gasteiger partial charge in [0.15, 0.2) is 5.43 Å². The van der Waals surface area contributed by atoms with E-state index < -0.39 is 0 Å². The number of fused-ring (bicyclic) bond motifs is 1. The number of para-hydroxylation sites is 1. The molecule has 1 aromatic heterocycles. The van der Waals surface area contributed by atoms with Crippen LogP contribution in [0.4, 0.5) is 0 Å². The summed E-state index contributed by atoms with van der Waals surface area (Å²) in [5, 5.41) is 9.15. The fourth-order valence-corrected chi connectivity index (χ4v) is 1.37. The predicted octanol–water partition coefficient (Wildman–Crippen LogP) is 1.97. The smallest absolute Gasteiger partial charge is 0.207 e. The van der Waals surface area contributed by atoms with Crippen LogP contribution in [0.1, 0.15) is 11.3 Å². The average molecular weight is 185 g/mol. The molecular weight excluding hydrogens is 178 g/mol. The van der Waals surface area contributed by atoms with Crippen LogP contribution in [0.15, 0.2) is 33.5 Å². The van der Waals surface area contributed by atoms with Crippen molar-refractivity contribution < 1.29 is 4.42 Å². The third kappa shape index (κ3) is 1.17. The summed E-state index contributed by atoms with van der Waals surface area (Å²) in [6.45, 7) is 1.84. The van der Waals surface area contributed by atoms with Gasteiger partial charge in [-0.1, -0.05) is 12.1 Å². The molecule has 0 saturated heterocycles. The molecule has 1 heterocycles. The number of aryl methyl sites for hydroxylation is 1. The molecule has 3 nitrogen and oxygen atoms in total. The van der Waals surface area contributed by atoms with Crippen LogP contribution < -0.4 is 5.43 Å². The SMILES string of the molecule is Cc1cccc2c(=O)cc(C#N)oc12. The van der Waals surface area contributed by atoms with E-state index in [1.807, 2.05) is 19.1 Å². The molecule has 68 valence electrons. The van der Waals surface area contributed by atoms with Crippen molar-refractivity contribution in [3.63, 3.8) is 0 Å². The largest absolute Gasteiger partial charge is 0.445 e. The van der Waals surface area contributed by atoms with Crippen LogP contribution in [-0.4, -0.2) is 0 Å². The van der Waals surface area contributed by atoms with Gasteiger partial charge in [-0.2, -0.15) is 5.26 Å². The van der Waals surface area contributed by atoms with Crippen LogP contribution in [0.2, 0.25) is 0 Å². The highest BCUT2D eigenvalue weighted by Gasteiger charge is 2.05. The third-order valence-electron chi connectivity index (χ3n) is 2.06. The lowest BCUT2D eigenvalue weighted by molar-refractivity contribution is 0.583. The Morgan fingerprint density at radius 2 is 2.21 bits per heavy atom. The number of nitriles is 1. The van der Waals surface area contributed by atoms with Gasteiger partial charge in [0.2, 0.25) is 5.76 Å². The summed E-state index contributed by atoms with van der Waals surface area (Å²) in [5.41, 5.74) is 1.18. The molecule has 0 bridgehead atoms. The fourth-order valence-electron chi connectivity index (χ4n) is 1.37. The van der Waals surface area contributed by atoms with E-state index in [9.17, 15) is 4.79 Å². The molecule has 0 atom stereocenters. The molecular formula is C11H7NO2. The predicted molar refractivity (Wildman–Crippen MR) is 51.9 cm³/mol. The highest BCUT2D eigenvalue weighted by atomic mass is 16.3. The van der Waals surface area contributed by atoms with Gasteiger partial charge in [-0.05, 0) is 18.6 Å². The lowest BCUT2D eigenvalue weighted by Crippen LogP contribution is -2.01. The highest BCUT2D eigenvalue weighted by molar-refractivity contribution is 5.79. The maximum Gasteiger partial charge on any atom is 0.207 e. The molecule has 14 heavy (non-hydrogen) atoms. The molecule has 3 heteroatoms. The highest BCUT2D eigenvalue weighted by Crippen LogP contribution is 2.15. The summed E-state index contributed by atoms with van der Waals surface area (Å²) in [4.78, 5) is 11.5. The van der Waals surface area contributed by atoms with Crippen molar-refractivity contribution >= 4 is 11.0 Å². The van der Waals surface area contributed by atoms with Gasteiger partial charge in [0.1, 0.15) is 11.7 Å². The molecule has 0 aliphatic carbocycles. The van der Waals surface area contributed by atoms with E-state index in [1.165, 1.54) is 6.07 Å². The standard InChI is InChI=1S/C11H7NO2/c1-7-3-2-4-9-10(13)5-8(6-12)14-11(7)9/h2-5H,1H3. The van der Waals surface area contributed by atoms with Crippen LogP contribution >= 0.6 is 0 Å². The molecule has 2 rings (SSSR count). The summed E-state index contributed by atoms with van der Waals surface area (Å²) in [7, 11) is 0. The number of nitrogens with zero attached hydrogens (tertiary/aromatic N) is 1. The summed E-state index contributed by atoms with van der Waals surface area (Å²) >= 11 is 0. The van der Waals surface area contributed by atoms with Crippen molar-refractivity contribution in [1.29, 1.82) is 5.26 Å². The maximum atomic E-state index is 11.5. The zero-order chi connectivity index (χ0) is 10.1. The second kappa shape index (κ2) is 3.00. The van der Waals surface area contributed by atoms with Gasteiger partial charge >= 0.3 is 0 Å². The third-order valence-corrected chi connectivity index (χ3v) is 2.06. The van der Waals surface area contributed by atoms with Crippen molar-refractivity contribution in [2.45, 2.75) is 6.92 Å². The zero-order valence-electron chi connectivity index (χ0n) is 7.57. The second-order valence-electron chi connectivity index (χ2n) is 3.04. The normalized spacial score (nSPS) is 10.0. The van der Waals surface area contributed by atoms with Crippen LogP contribution in [0.25, 0.3) is 11.0 Å². The van der Waals surface area contributed by atoms with Gasteiger partial charge in [0.05, 0.1) is 5.39 Å². The Hall–Kier alpha value is -2.08. The number of benzene rings is 1. The minimum Gasteiger partial charge on any atom is -0.445 e. The minimum atomic E-state index is -0.175. The van der Waals surface area contributed by atoms with Crippen molar-refractivity contribution in [3.8, 4) is 6.07 Å². The van der Waals surface area contributed by atoms with Crippen molar-refractivity contribution in [1.82, 2.24) is 0 Å². The first kappa shape index (κ1) is 8.52. The zero-order valence-corrected chi connectivity index (χ0v) is 7.57. The molecule has 0 aliphatic heterocycles. The van der Waals surface area contributed by atoms with Crippen molar-refractivity contribution in [2.24, 2.45) is 0 Å². The monoisotopic (exact) mass is 185 g/mol.